The molecule has 1 saturated carbocycles. The van der Waals surface area contributed by atoms with Gasteiger partial charge in [-0.3, -0.25) is 0 Å². The predicted octanol–water partition coefficient (Wildman–Crippen LogP) is 2.79. The average Bonchev–Trinajstić information content (AvgIpc) is 3.29. The van der Waals surface area contributed by atoms with Crippen LogP contribution >= 0.6 is 11.6 Å². The minimum absolute atomic E-state index is 0.114. The number of pyridine rings is 1. The summed E-state index contributed by atoms with van der Waals surface area (Å²) in [6.07, 6.45) is 3.48. The Morgan fingerprint density at radius 2 is 1.91 bits per heavy atom. The molecule has 7 heteroatoms. The highest BCUT2D eigenvalue weighted by Crippen LogP contribution is 2.22. The van der Waals surface area contributed by atoms with Crippen LogP contribution in [0.5, 0.6) is 0 Å². The SMILES string of the molecule is O=S(=O)(NC1CC1)c1ccc(CNc2ccnc(Cl)c2)cc1. The number of hydrogen-bond acceptors (Lipinski definition) is 4. The third kappa shape index (κ3) is 3.97. The monoisotopic (exact) mass is 337 g/mol. The molecule has 1 fully saturated rings. The second-order valence-corrected chi connectivity index (χ2v) is 7.36. The van der Waals surface area contributed by atoms with E-state index in [4.69, 9.17) is 11.6 Å². The fraction of sp³-hybridized carbons (Fsp3) is 0.267. The van der Waals surface area contributed by atoms with Crippen LogP contribution in [0.2, 0.25) is 5.15 Å². The van der Waals surface area contributed by atoms with Gasteiger partial charge in [-0.25, -0.2) is 18.1 Å². The van der Waals surface area contributed by atoms with Crippen molar-refractivity contribution in [3.63, 3.8) is 0 Å². The average molecular weight is 338 g/mol. The van der Waals surface area contributed by atoms with Crippen LogP contribution < -0.4 is 10.0 Å². The van der Waals surface area contributed by atoms with Gasteiger partial charge in [0.25, 0.3) is 0 Å². The number of aromatic nitrogens is 1. The zero-order valence-corrected chi connectivity index (χ0v) is 13.4. The summed E-state index contributed by atoms with van der Waals surface area (Å²) in [6.45, 7) is 0.580. The van der Waals surface area contributed by atoms with Gasteiger partial charge in [-0.15, -0.1) is 0 Å². The second-order valence-electron chi connectivity index (χ2n) is 5.26. The number of nitrogens with one attached hydrogen (secondary N) is 2. The van der Waals surface area contributed by atoms with Gasteiger partial charge in [0, 0.05) is 24.5 Å². The zero-order chi connectivity index (χ0) is 15.6. The molecule has 1 heterocycles. The Labute approximate surface area is 134 Å². The number of hydrogen-bond donors (Lipinski definition) is 2. The second kappa shape index (κ2) is 6.24. The number of rotatable bonds is 6. The standard InChI is InChI=1S/C15H16ClN3O2S/c16-15-9-13(7-8-17-15)18-10-11-1-5-14(6-2-11)22(20,21)19-12-3-4-12/h1-2,5-9,12,19H,3-4,10H2,(H,17,18). The Hall–Kier alpha value is -1.63. The highest BCUT2D eigenvalue weighted by atomic mass is 35.5. The molecule has 0 radical (unpaired) electrons. The van der Waals surface area contributed by atoms with Gasteiger partial charge in [0.05, 0.1) is 4.90 Å². The van der Waals surface area contributed by atoms with Crippen molar-refractivity contribution in [1.82, 2.24) is 9.71 Å². The van der Waals surface area contributed by atoms with Crippen molar-refractivity contribution in [2.45, 2.75) is 30.3 Å². The molecular formula is C15H16ClN3O2S. The lowest BCUT2D eigenvalue weighted by Crippen LogP contribution is -2.25. The molecule has 5 nitrogen and oxygen atoms in total. The van der Waals surface area contributed by atoms with Crippen LogP contribution in [0.25, 0.3) is 0 Å². The van der Waals surface area contributed by atoms with E-state index in [9.17, 15) is 8.42 Å². The number of sulfonamides is 1. The van der Waals surface area contributed by atoms with Crippen molar-refractivity contribution in [2.24, 2.45) is 0 Å². The van der Waals surface area contributed by atoms with Crippen LogP contribution in [0.4, 0.5) is 5.69 Å². The molecule has 116 valence electrons. The summed E-state index contributed by atoms with van der Waals surface area (Å²) < 4.78 is 26.8. The fourth-order valence-electron chi connectivity index (χ4n) is 1.99. The Kier molecular flexibility index (Phi) is 4.33. The number of benzene rings is 1. The summed E-state index contributed by atoms with van der Waals surface area (Å²) in [6, 6.07) is 10.5. The highest BCUT2D eigenvalue weighted by molar-refractivity contribution is 7.89. The maximum absolute atomic E-state index is 12.1. The van der Waals surface area contributed by atoms with E-state index in [1.807, 2.05) is 6.07 Å². The molecule has 0 unspecified atom stereocenters. The van der Waals surface area contributed by atoms with Gasteiger partial charge >= 0.3 is 0 Å². The first-order chi connectivity index (χ1) is 10.5. The van der Waals surface area contributed by atoms with Gasteiger partial charge in [-0.2, -0.15) is 0 Å². The molecule has 0 bridgehead atoms. The van der Waals surface area contributed by atoms with Gasteiger partial charge in [0.15, 0.2) is 0 Å². The van der Waals surface area contributed by atoms with E-state index < -0.39 is 10.0 Å². The van der Waals surface area contributed by atoms with Gasteiger partial charge in [0.2, 0.25) is 10.0 Å². The van der Waals surface area contributed by atoms with E-state index in [0.717, 1.165) is 24.1 Å². The summed E-state index contributed by atoms with van der Waals surface area (Å²) in [5.74, 6) is 0. The molecule has 0 aliphatic heterocycles. The van der Waals surface area contributed by atoms with Crippen LogP contribution in [0.1, 0.15) is 18.4 Å². The van der Waals surface area contributed by atoms with Crippen molar-refractivity contribution >= 4 is 27.3 Å². The van der Waals surface area contributed by atoms with Crippen LogP contribution in [0.3, 0.4) is 0 Å². The third-order valence-electron chi connectivity index (χ3n) is 3.36. The van der Waals surface area contributed by atoms with Crippen molar-refractivity contribution in [3.8, 4) is 0 Å². The van der Waals surface area contributed by atoms with Crippen LogP contribution in [-0.4, -0.2) is 19.4 Å². The maximum atomic E-state index is 12.1. The van der Waals surface area contributed by atoms with Crippen molar-refractivity contribution in [1.29, 1.82) is 0 Å². The Balaban J connectivity index is 1.64. The molecule has 22 heavy (non-hydrogen) atoms. The lowest BCUT2D eigenvalue weighted by atomic mass is 10.2. The number of nitrogens with zero attached hydrogens (tertiary/aromatic N) is 1. The molecule has 0 atom stereocenters. The molecule has 0 saturated heterocycles. The maximum Gasteiger partial charge on any atom is 0.240 e. The summed E-state index contributed by atoms with van der Waals surface area (Å²) in [5.41, 5.74) is 1.85. The van der Waals surface area contributed by atoms with E-state index in [1.54, 1.807) is 36.5 Å². The minimum Gasteiger partial charge on any atom is -0.381 e. The molecule has 1 aromatic carbocycles. The van der Waals surface area contributed by atoms with E-state index in [-0.39, 0.29) is 6.04 Å². The highest BCUT2D eigenvalue weighted by Gasteiger charge is 2.27. The van der Waals surface area contributed by atoms with Crippen LogP contribution in [0.15, 0.2) is 47.5 Å². The molecule has 2 N–H and O–H groups in total. The smallest absolute Gasteiger partial charge is 0.240 e. The van der Waals surface area contributed by atoms with Gasteiger partial charge in [0.1, 0.15) is 5.15 Å². The van der Waals surface area contributed by atoms with Crippen molar-refractivity contribution in [2.75, 3.05) is 5.32 Å². The molecule has 0 spiro atoms. The third-order valence-corrected chi connectivity index (χ3v) is 5.10. The predicted molar refractivity (Wildman–Crippen MR) is 86.4 cm³/mol. The molecule has 3 rings (SSSR count). The summed E-state index contributed by atoms with van der Waals surface area (Å²) in [7, 11) is -3.38. The zero-order valence-electron chi connectivity index (χ0n) is 11.8. The van der Waals surface area contributed by atoms with Crippen LogP contribution in [0, 0.1) is 0 Å². The van der Waals surface area contributed by atoms with Gasteiger partial charge in [-0.05, 0) is 42.7 Å². The lowest BCUT2D eigenvalue weighted by Gasteiger charge is -2.08. The lowest BCUT2D eigenvalue weighted by molar-refractivity contribution is 0.581. The molecular weight excluding hydrogens is 322 g/mol. The Morgan fingerprint density at radius 1 is 1.18 bits per heavy atom. The van der Waals surface area contributed by atoms with Crippen LogP contribution in [-0.2, 0) is 16.6 Å². The van der Waals surface area contributed by atoms with Crippen molar-refractivity contribution in [3.05, 3.63) is 53.3 Å². The van der Waals surface area contributed by atoms with E-state index >= 15 is 0 Å². The Bertz CT molecular complexity index is 759. The molecule has 0 amide bonds. The molecule has 1 aliphatic carbocycles. The normalized spacial score (nSPS) is 14.8. The number of anilines is 1. The minimum atomic E-state index is -3.38. The quantitative estimate of drug-likeness (QED) is 0.795. The largest absolute Gasteiger partial charge is 0.381 e. The van der Waals surface area contributed by atoms with E-state index in [1.165, 1.54) is 0 Å². The van der Waals surface area contributed by atoms with Gasteiger partial charge in [-0.1, -0.05) is 23.7 Å². The van der Waals surface area contributed by atoms with Gasteiger partial charge < -0.3 is 5.32 Å². The molecule has 1 aliphatic rings. The summed E-state index contributed by atoms with van der Waals surface area (Å²) in [4.78, 5) is 4.21. The van der Waals surface area contributed by atoms with E-state index in [2.05, 4.69) is 15.0 Å². The molecule has 2 aromatic rings. The first-order valence-electron chi connectivity index (χ1n) is 7.00. The Morgan fingerprint density at radius 3 is 2.55 bits per heavy atom. The first kappa shape index (κ1) is 15.3. The topological polar surface area (TPSA) is 71.1 Å². The summed E-state index contributed by atoms with van der Waals surface area (Å²) in [5, 5.41) is 3.64. The summed E-state index contributed by atoms with van der Waals surface area (Å²) >= 11 is 5.82. The van der Waals surface area contributed by atoms with E-state index in [0.29, 0.717) is 16.6 Å². The van der Waals surface area contributed by atoms with Crippen molar-refractivity contribution < 1.29 is 8.42 Å². The number of halogens is 1. The molecule has 1 aromatic heterocycles. The first-order valence-corrected chi connectivity index (χ1v) is 8.86. The fourth-order valence-corrected chi connectivity index (χ4v) is 3.47.